The Labute approximate surface area is 146 Å². The van der Waals surface area contributed by atoms with Crippen LogP contribution in [0, 0.1) is 47.3 Å². The van der Waals surface area contributed by atoms with Crippen LogP contribution in [-0.4, -0.2) is 40.8 Å². The Morgan fingerprint density at radius 3 is 1.12 bits per heavy atom. The zero-order valence-electron chi connectivity index (χ0n) is 14.0. The van der Waals surface area contributed by atoms with E-state index in [0.29, 0.717) is 0 Å². The summed E-state index contributed by atoms with van der Waals surface area (Å²) in [6, 6.07) is 0. The van der Waals surface area contributed by atoms with Gasteiger partial charge >= 0.3 is 7.55 Å². The third-order valence-corrected chi connectivity index (χ3v) is 8.15. The third-order valence-electron chi connectivity index (χ3n) is 8.15. The monoisotopic (exact) mass is 339 g/mol. The van der Waals surface area contributed by atoms with Crippen LogP contribution in [0.5, 0.6) is 0 Å². The van der Waals surface area contributed by atoms with Gasteiger partial charge in [0.2, 0.25) is 23.6 Å². The molecule has 4 saturated heterocycles. The van der Waals surface area contributed by atoms with Gasteiger partial charge in [0, 0.05) is 0 Å². The van der Waals surface area contributed by atoms with Crippen molar-refractivity contribution >= 4 is 31.2 Å². The van der Waals surface area contributed by atoms with E-state index >= 15 is 0 Å². The number of nitrogens with zero attached hydrogens (tertiary/aromatic N) is 2. The average Bonchev–Trinajstić information content (AvgIpc) is 3.25. The van der Waals surface area contributed by atoms with E-state index in [0.717, 1.165) is 48.1 Å². The Morgan fingerprint density at radius 2 is 0.840 bits per heavy atom. The lowest BCUT2D eigenvalue weighted by Crippen LogP contribution is -2.49. The average molecular weight is 339 g/mol. The van der Waals surface area contributed by atoms with Crippen LogP contribution in [0.15, 0.2) is 0 Å². The molecule has 7 aliphatic rings. The lowest BCUT2D eigenvalue weighted by molar-refractivity contribution is -0.137. The molecule has 0 aromatic carbocycles. The van der Waals surface area contributed by atoms with Crippen molar-refractivity contribution in [3.63, 3.8) is 0 Å². The topological polar surface area (TPSA) is 74.8 Å². The fourth-order valence-electron chi connectivity index (χ4n) is 7.21. The van der Waals surface area contributed by atoms with Crippen molar-refractivity contribution in [2.45, 2.75) is 38.5 Å². The van der Waals surface area contributed by atoms with Crippen LogP contribution < -0.4 is 0 Å². The Balaban J connectivity index is 1.55. The van der Waals surface area contributed by atoms with Crippen LogP contribution in [0.1, 0.15) is 38.5 Å². The minimum Gasteiger partial charge on any atom is -0.308 e. The minimum atomic E-state index is -0.232. The molecule has 25 heavy (non-hydrogen) atoms. The fraction of sp³-hybridized carbons (Fsp3) is 0.778. The minimum absolute atomic E-state index is 0.182. The number of carbonyl (C=O) groups excluding carboxylic acids is 4. The highest BCUT2D eigenvalue weighted by Crippen LogP contribution is 2.57. The summed E-state index contributed by atoms with van der Waals surface area (Å²) in [6.07, 6.45) is 5.56. The zero-order chi connectivity index (χ0) is 17.0. The van der Waals surface area contributed by atoms with Gasteiger partial charge in [0.25, 0.3) is 0 Å². The summed E-state index contributed by atoms with van der Waals surface area (Å²) in [7, 11) is 1.25. The predicted molar refractivity (Wildman–Crippen MR) is 85.1 cm³/mol. The number of hydrogen-bond acceptors (Lipinski definition) is 4. The summed E-state index contributed by atoms with van der Waals surface area (Å²) in [4.78, 5) is 54.1. The van der Waals surface area contributed by atoms with E-state index in [1.165, 1.54) is 7.55 Å². The van der Waals surface area contributed by atoms with Gasteiger partial charge in [-0.15, -0.1) is 0 Å². The van der Waals surface area contributed by atoms with Gasteiger partial charge in [0.1, 0.15) is 0 Å². The largest absolute Gasteiger partial charge is 0.410 e. The SMILES string of the molecule is O=C1C2C3CCC4CC5CCC(C3)C2C(=O)N1[B]N1C(=O)C4C5C1=O. The molecule has 6 nitrogen and oxygen atoms in total. The predicted octanol–water partition coefficient (Wildman–Crippen LogP) is 0.583. The first kappa shape index (κ1) is 14.5. The molecule has 0 aromatic heterocycles. The smallest absolute Gasteiger partial charge is 0.308 e. The second kappa shape index (κ2) is 4.54. The van der Waals surface area contributed by atoms with Crippen LogP contribution >= 0.6 is 0 Å². The van der Waals surface area contributed by atoms with E-state index in [2.05, 4.69) is 0 Å². The molecule has 1 radical (unpaired) electrons. The van der Waals surface area contributed by atoms with Crippen LogP contribution in [0.25, 0.3) is 0 Å². The Bertz CT molecular complexity index is 623. The molecule has 7 rings (SSSR count). The maximum Gasteiger partial charge on any atom is 0.410 e. The summed E-state index contributed by atoms with van der Waals surface area (Å²) in [6.45, 7) is 0. The highest BCUT2D eigenvalue weighted by molar-refractivity contribution is 6.49. The molecule has 8 unspecified atom stereocenters. The van der Waals surface area contributed by atoms with Gasteiger partial charge in [-0.25, -0.2) is 0 Å². The van der Waals surface area contributed by atoms with Crippen molar-refractivity contribution in [1.82, 2.24) is 9.62 Å². The molecule has 3 saturated carbocycles. The van der Waals surface area contributed by atoms with Crippen molar-refractivity contribution in [3.8, 4) is 0 Å². The number of carbonyl (C=O) groups is 4. The number of fused-ring (bicyclic) bond motifs is 2. The van der Waals surface area contributed by atoms with Crippen LogP contribution in [0.4, 0.5) is 0 Å². The molecule has 10 bridgehead atoms. The van der Waals surface area contributed by atoms with Gasteiger partial charge < -0.3 is 9.62 Å². The first-order chi connectivity index (χ1) is 12.1. The first-order valence-corrected chi connectivity index (χ1v) is 9.65. The maximum absolute atomic E-state index is 13.0. The summed E-state index contributed by atoms with van der Waals surface area (Å²) in [5.41, 5.74) is 0. The fourth-order valence-corrected chi connectivity index (χ4v) is 7.21. The summed E-state index contributed by atoms with van der Waals surface area (Å²) >= 11 is 0. The molecule has 7 heteroatoms. The Kier molecular flexibility index (Phi) is 2.64. The number of rotatable bonds is 0. The van der Waals surface area contributed by atoms with Crippen molar-refractivity contribution < 1.29 is 19.2 Å². The number of imide groups is 2. The van der Waals surface area contributed by atoms with Gasteiger partial charge in [-0.05, 0) is 62.2 Å². The van der Waals surface area contributed by atoms with Crippen molar-refractivity contribution in [1.29, 1.82) is 0 Å². The highest BCUT2D eigenvalue weighted by Gasteiger charge is 2.64. The Morgan fingerprint density at radius 1 is 0.560 bits per heavy atom. The molecule has 4 aliphatic heterocycles. The normalized spacial score (nSPS) is 49.9. The number of hydrogen-bond donors (Lipinski definition) is 0. The molecule has 0 spiro atoms. The maximum atomic E-state index is 13.0. The lowest BCUT2D eigenvalue weighted by atomic mass is 9.81. The van der Waals surface area contributed by atoms with Crippen molar-refractivity contribution in [2.75, 3.05) is 0 Å². The van der Waals surface area contributed by atoms with Gasteiger partial charge in [-0.3, -0.25) is 19.2 Å². The van der Waals surface area contributed by atoms with E-state index in [4.69, 9.17) is 0 Å². The van der Waals surface area contributed by atoms with Crippen LogP contribution in [0.3, 0.4) is 0 Å². The van der Waals surface area contributed by atoms with Crippen molar-refractivity contribution in [3.05, 3.63) is 0 Å². The van der Waals surface area contributed by atoms with E-state index in [-0.39, 0.29) is 71.0 Å². The van der Waals surface area contributed by atoms with Gasteiger partial charge in [0.15, 0.2) is 0 Å². The van der Waals surface area contributed by atoms with E-state index in [1.807, 2.05) is 0 Å². The van der Waals surface area contributed by atoms with Crippen LogP contribution in [0.2, 0.25) is 0 Å². The molecule has 7 fully saturated rings. The van der Waals surface area contributed by atoms with Gasteiger partial charge in [-0.2, -0.15) is 0 Å². The summed E-state index contributed by atoms with van der Waals surface area (Å²) < 4.78 is 0. The molecule has 129 valence electrons. The summed E-state index contributed by atoms with van der Waals surface area (Å²) in [5.74, 6) is -0.611. The van der Waals surface area contributed by atoms with Crippen molar-refractivity contribution in [2.24, 2.45) is 47.3 Å². The van der Waals surface area contributed by atoms with E-state index < -0.39 is 0 Å². The molecular weight excluding hydrogens is 319 g/mol. The lowest BCUT2D eigenvalue weighted by Gasteiger charge is -2.22. The van der Waals surface area contributed by atoms with E-state index in [1.54, 1.807) is 0 Å². The standard InChI is InChI=1S/C18H20BN2O4/c22-15-11-7-1-2-8-6-10-4-3-9(5-7)13(11)17(24)20(15)19-21-16(23)12(8)14(10)18(21)25/h7-14H,1-6H2. The van der Waals surface area contributed by atoms with Gasteiger partial charge in [-0.1, -0.05) is 0 Å². The molecule has 8 atom stereocenters. The highest BCUT2D eigenvalue weighted by atomic mass is 16.2. The molecular formula is C18H20BN2O4. The summed E-state index contributed by atoms with van der Waals surface area (Å²) in [5, 5.41) is 0. The number of amides is 4. The second-order valence-corrected chi connectivity index (χ2v) is 8.98. The molecule has 0 N–H and O–H groups in total. The van der Waals surface area contributed by atoms with E-state index in [9.17, 15) is 19.2 Å². The zero-order valence-corrected chi connectivity index (χ0v) is 14.0. The third kappa shape index (κ3) is 1.59. The molecule has 4 amide bonds. The molecule has 4 heterocycles. The van der Waals surface area contributed by atoms with Gasteiger partial charge in [0.05, 0.1) is 23.7 Å². The molecule has 0 aromatic rings. The first-order valence-electron chi connectivity index (χ1n) is 9.65. The second-order valence-electron chi connectivity index (χ2n) is 8.98. The molecule has 3 aliphatic carbocycles. The Hall–Kier alpha value is -1.66. The van der Waals surface area contributed by atoms with Crippen LogP contribution in [-0.2, 0) is 19.2 Å². The quantitative estimate of drug-likeness (QED) is 0.478.